The van der Waals surface area contributed by atoms with Crippen molar-refractivity contribution >= 4 is 29.1 Å². The van der Waals surface area contributed by atoms with Crippen LogP contribution in [0.25, 0.3) is 0 Å². The van der Waals surface area contributed by atoms with E-state index >= 15 is 0 Å². The number of methoxy groups -OCH3 is 2. The molecule has 0 bridgehead atoms. The summed E-state index contributed by atoms with van der Waals surface area (Å²) in [6, 6.07) is 12.7. The van der Waals surface area contributed by atoms with E-state index in [1.165, 1.54) is 0 Å². The topological polar surface area (TPSA) is 81.1 Å². The van der Waals surface area contributed by atoms with Crippen molar-refractivity contribution in [3.05, 3.63) is 53.1 Å². The number of hydrogen-bond acceptors (Lipinski definition) is 4. The van der Waals surface area contributed by atoms with Crippen LogP contribution in [0.1, 0.15) is 5.56 Å². The van der Waals surface area contributed by atoms with Gasteiger partial charge in [-0.05, 0) is 36.2 Å². The smallest absolute Gasteiger partial charge is 0.279 e. The van der Waals surface area contributed by atoms with E-state index in [9.17, 15) is 9.59 Å². The molecular weight excluding hydrogens is 394 g/mol. The van der Waals surface area contributed by atoms with Gasteiger partial charge >= 0.3 is 0 Å². The Kier molecular flexibility index (Phi) is 8.76. The SMILES string of the molecule is COc1ccc(CCNC(=O)C[NH+](C)CC(=O)Nc2ccccc2Cl)cc1OC. The number of carbonyl (C=O) groups is 2. The van der Waals surface area contributed by atoms with Crippen LogP contribution in [0.4, 0.5) is 5.69 Å². The molecule has 0 aliphatic heterocycles. The van der Waals surface area contributed by atoms with Crippen LogP contribution in [-0.4, -0.2) is 52.7 Å². The molecular formula is C21H27ClN3O4+. The lowest BCUT2D eigenvalue weighted by atomic mass is 10.1. The number of hydrogen-bond donors (Lipinski definition) is 3. The molecule has 156 valence electrons. The number of halogens is 1. The third-order valence-electron chi connectivity index (χ3n) is 4.26. The van der Waals surface area contributed by atoms with Gasteiger partial charge in [-0.15, -0.1) is 0 Å². The molecule has 2 amide bonds. The molecule has 0 aliphatic rings. The van der Waals surface area contributed by atoms with E-state index in [0.717, 1.165) is 10.5 Å². The first kappa shape index (κ1) is 22.5. The number of rotatable bonds is 10. The zero-order chi connectivity index (χ0) is 21.2. The highest BCUT2D eigenvalue weighted by Gasteiger charge is 2.15. The van der Waals surface area contributed by atoms with E-state index in [4.69, 9.17) is 21.1 Å². The molecule has 0 saturated heterocycles. The average Bonchev–Trinajstić information content (AvgIpc) is 2.69. The van der Waals surface area contributed by atoms with Crippen molar-refractivity contribution in [2.24, 2.45) is 0 Å². The molecule has 0 aliphatic carbocycles. The molecule has 2 aromatic rings. The molecule has 1 atom stereocenters. The first-order chi connectivity index (χ1) is 13.9. The maximum atomic E-state index is 12.1. The van der Waals surface area contributed by atoms with Gasteiger partial charge in [-0.1, -0.05) is 29.8 Å². The molecule has 2 rings (SSSR count). The maximum Gasteiger partial charge on any atom is 0.279 e. The molecule has 0 radical (unpaired) electrons. The van der Waals surface area contributed by atoms with E-state index < -0.39 is 0 Å². The van der Waals surface area contributed by atoms with Crippen molar-refractivity contribution < 1.29 is 24.0 Å². The van der Waals surface area contributed by atoms with Gasteiger partial charge in [-0.2, -0.15) is 0 Å². The van der Waals surface area contributed by atoms with E-state index in [-0.39, 0.29) is 24.9 Å². The standard InChI is InChI=1S/C21H26ClN3O4/c1-25(14-21(27)24-17-7-5-4-6-16(17)22)13-20(26)23-11-10-15-8-9-18(28-2)19(12-15)29-3/h4-9,12H,10-11,13-14H2,1-3H3,(H,23,26)(H,24,27)/p+1. The number of amides is 2. The van der Waals surface area contributed by atoms with Crippen molar-refractivity contribution in [1.29, 1.82) is 0 Å². The molecule has 29 heavy (non-hydrogen) atoms. The Morgan fingerprint density at radius 2 is 1.69 bits per heavy atom. The van der Waals surface area contributed by atoms with Crippen LogP contribution in [0.15, 0.2) is 42.5 Å². The van der Waals surface area contributed by atoms with Gasteiger partial charge in [0, 0.05) is 6.54 Å². The van der Waals surface area contributed by atoms with Crippen LogP contribution >= 0.6 is 11.6 Å². The van der Waals surface area contributed by atoms with Crippen LogP contribution < -0.4 is 25.0 Å². The third-order valence-corrected chi connectivity index (χ3v) is 4.59. The highest BCUT2D eigenvalue weighted by Crippen LogP contribution is 2.27. The Hall–Kier alpha value is -2.77. The number of benzene rings is 2. The zero-order valence-corrected chi connectivity index (χ0v) is 17.6. The van der Waals surface area contributed by atoms with Crippen LogP contribution in [0.5, 0.6) is 11.5 Å². The van der Waals surface area contributed by atoms with E-state index in [2.05, 4.69) is 10.6 Å². The van der Waals surface area contributed by atoms with E-state index in [1.54, 1.807) is 45.5 Å². The van der Waals surface area contributed by atoms with Gasteiger partial charge in [0.25, 0.3) is 11.8 Å². The summed E-state index contributed by atoms with van der Waals surface area (Å²) >= 11 is 6.03. The summed E-state index contributed by atoms with van der Waals surface area (Å²) in [6.45, 7) is 0.851. The second-order valence-electron chi connectivity index (χ2n) is 6.63. The minimum atomic E-state index is -0.200. The van der Waals surface area contributed by atoms with E-state index in [1.807, 2.05) is 18.2 Å². The lowest BCUT2D eigenvalue weighted by Gasteiger charge is -2.14. The molecule has 0 heterocycles. The zero-order valence-electron chi connectivity index (χ0n) is 16.9. The van der Waals surface area contributed by atoms with Crippen molar-refractivity contribution in [1.82, 2.24) is 5.32 Å². The fraction of sp³-hybridized carbons (Fsp3) is 0.333. The second-order valence-corrected chi connectivity index (χ2v) is 7.04. The van der Waals surface area contributed by atoms with Crippen molar-refractivity contribution in [2.75, 3.05) is 46.2 Å². The number of quaternary nitrogens is 1. The van der Waals surface area contributed by atoms with Gasteiger partial charge in [0.05, 0.1) is 32.0 Å². The second kappa shape index (κ2) is 11.3. The predicted octanol–water partition coefficient (Wildman–Crippen LogP) is 1.17. The molecule has 1 unspecified atom stereocenters. The summed E-state index contributed by atoms with van der Waals surface area (Å²) in [7, 11) is 4.97. The molecule has 0 fully saturated rings. The summed E-state index contributed by atoms with van der Waals surface area (Å²) in [5.41, 5.74) is 1.59. The first-order valence-electron chi connectivity index (χ1n) is 9.26. The number of likely N-dealkylation sites (N-methyl/N-ethyl adjacent to an activating group) is 1. The van der Waals surface area contributed by atoms with Crippen LogP contribution in [0, 0.1) is 0 Å². The highest BCUT2D eigenvalue weighted by atomic mass is 35.5. The van der Waals surface area contributed by atoms with Gasteiger partial charge in [0.15, 0.2) is 24.6 Å². The molecule has 7 nitrogen and oxygen atoms in total. The molecule has 3 N–H and O–H groups in total. The summed E-state index contributed by atoms with van der Waals surface area (Å²) < 4.78 is 10.5. The Morgan fingerprint density at radius 1 is 1.00 bits per heavy atom. The first-order valence-corrected chi connectivity index (χ1v) is 9.64. The summed E-state index contributed by atoms with van der Waals surface area (Å²) in [4.78, 5) is 25.0. The van der Waals surface area contributed by atoms with Crippen molar-refractivity contribution in [3.63, 3.8) is 0 Å². The van der Waals surface area contributed by atoms with Gasteiger partial charge in [0.2, 0.25) is 0 Å². The lowest BCUT2D eigenvalue weighted by Crippen LogP contribution is -3.11. The minimum absolute atomic E-state index is 0.117. The molecule has 0 aromatic heterocycles. The fourth-order valence-electron chi connectivity index (χ4n) is 2.81. The molecule has 8 heteroatoms. The Balaban J connectivity index is 1.73. The Labute approximate surface area is 175 Å². The fourth-order valence-corrected chi connectivity index (χ4v) is 3.00. The number of anilines is 1. The normalized spacial score (nSPS) is 11.4. The monoisotopic (exact) mass is 420 g/mol. The quantitative estimate of drug-likeness (QED) is 0.539. The third kappa shape index (κ3) is 7.29. The molecule has 2 aromatic carbocycles. The summed E-state index contributed by atoms with van der Waals surface area (Å²) in [5.74, 6) is 1.01. The van der Waals surface area contributed by atoms with Crippen LogP contribution in [-0.2, 0) is 16.0 Å². The number of carbonyl (C=O) groups excluding carboxylic acids is 2. The lowest BCUT2D eigenvalue weighted by molar-refractivity contribution is -0.862. The van der Waals surface area contributed by atoms with Gasteiger partial charge in [-0.25, -0.2) is 0 Å². The number of nitrogens with one attached hydrogen (secondary N) is 3. The minimum Gasteiger partial charge on any atom is -0.493 e. The number of ether oxygens (including phenoxy) is 2. The van der Waals surface area contributed by atoms with Crippen LogP contribution in [0.3, 0.4) is 0 Å². The molecule has 0 saturated carbocycles. The molecule has 0 spiro atoms. The average molecular weight is 421 g/mol. The van der Waals surface area contributed by atoms with E-state index in [0.29, 0.717) is 35.2 Å². The maximum absolute atomic E-state index is 12.1. The highest BCUT2D eigenvalue weighted by molar-refractivity contribution is 6.33. The number of para-hydroxylation sites is 1. The Morgan fingerprint density at radius 3 is 2.38 bits per heavy atom. The summed E-state index contributed by atoms with van der Waals surface area (Å²) in [5, 5.41) is 6.11. The van der Waals surface area contributed by atoms with Crippen molar-refractivity contribution in [2.45, 2.75) is 6.42 Å². The van der Waals surface area contributed by atoms with Gasteiger partial charge in [-0.3, -0.25) is 9.59 Å². The summed E-state index contributed by atoms with van der Waals surface area (Å²) in [6.07, 6.45) is 0.665. The predicted molar refractivity (Wildman–Crippen MR) is 113 cm³/mol. The van der Waals surface area contributed by atoms with Crippen LogP contribution in [0.2, 0.25) is 5.02 Å². The Bertz CT molecular complexity index is 844. The van der Waals surface area contributed by atoms with Gasteiger partial charge < -0.3 is 25.0 Å². The largest absolute Gasteiger partial charge is 0.493 e. The van der Waals surface area contributed by atoms with Crippen molar-refractivity contribution in [3.8, 4) is 11.5 Å². The van der Waals surface area contributed by atoms with Gasteiger partial charge in [0.1, 0.15) is 0 Å².